The standard InChI is InChI=1S/C16H19N3OS/c17-9-13(12-6-7-12)19-16(20)14-10-21-15(18-14)8-11-4-2-1-3-5-11/h1-5,10,12-13H,6-9,17H2,(H,19,20). The normalized spacial score (nSPS) is 15.7. The second kappa shape index (κ2) is 6.37. The third-order valence-corrected chi connectivity index (χ3v) is 4.59. The van der Waals surface area contributed by atoms with Gasteiger partial charge in [-0.15, -0.1) is 11.3 Å². The highest BCUT2D eigenvalue weighted by Gasteiger charge is 2.31. The number of carbonyl (C=O) groups is 1. The van der Waals surface area contributed by atoms with Crippen molar-refractivity contribution in [3.05, 3.63) is 52.0 Å². The first-order chi connectivity index (χ1) is 10.3. The van der Waals surface area contributed by atoms with Crippen molar-refractivity contribution in [3.63, 3.8) is 0 Å². The highest BCUT2D eigenvalue weighted by molar-refractivity contribution is 7.09. The van der Waals surface area contributed by atoms with Crippen LogP contribution in [0, 0.1) is 5.92 Å². The number of nitrogens with zero attached hydrogens (tertiary/aromatic N) is 1. The number of hydrogen-bond acceptors (Lipinski definition) is 4. The topological polar surface area (TPSA) is 68.0 Å². The maximum absolute atomic E-state index is 12.2. The Kier molecular flexibility index (Phi) is 4.31. The number of rotatable bonds is 6. The maximum atomic E-state index is 12.2. The molecule has 0 radical (unpaired) electrons. The molecule has 0 bridgehead atoms. The Balaban J connectivity index is 1.62. The molecule has 110 valence electrons. The van der Waals surface area contributed by atoms with E-state index in [2.05, 4.69) is 22.4 Å². The van der Waals surface area contributed by atoms with Crippen LogP contribution in [0.5, 0.6) is 0 Å². The molecule has 0 saturated heterocycles. The predicted octanol–water partition coefficient (Wildman–Crippen LogP) is 2.20. The summed E-state index contributed by atoms with van der Waals surface area (Å²) >= 11 is 1.53. The molecule has 1 heterocycles. The molecule has 1 aliphatic rings. The lowest BCUT2D eigenvalue weighted by Crippen LogP contribution is -2.41. The molecule has 1 saturated carbocycles. The van der Waals surface area contributed by atoms with Gasteiger partial charge in [0.1, 0.15) is 5.69 Å². The van der Waals surface area contributed by atoms with E-state index in [0.29, 0.717) is 18.2 Å². The van der Waals surface area contributed by atoms with E-state index in [1.54, 1.807) is 0 Å². The van der Waals surface area contributed by atoms with Crippen LogP contribution in [0.25, 0.3) is 0 Å². The zero-order valence-corrected chi connectivity index (χ0v) is 12.6. The van der Waals surface area contributed by atoms with Crippen molar-refractivity contribution in [1.29, 1.82) is 0 Å². The van der Waals surface area contributed by atoms with Gasteiger partial charge < -0.3 is 11.1 Å². The fraction of sp³-hybridized carbons (Fsp3) is 0.375. The molecule has 0 spiro atoms. The van der Waals surface area contributed by atoms with Crippen LogP contribution in [0.15, 0.2) is 35.7 Å². The molecule has 2 aromatic rings. The van der Waals surface area contributed by atoms with E-state index in [0.717, 1.165) is 11.4 Å². The van der Waals surface area contributed by atoms with Gasteiger partial charge in [0, 0.05) is 24.4 Å². The summed E-state index contributed by atoms with van der Waals surface area (Å²) in [6.45, 7) is 0.497. The minimum absolute atomic E-state index is 0.0942. The van der Waals surface area contributed by atoms with E-state index in [4.69, 9.17) is 5.73 Å². The average Bonchev–Trinajstić information content (AvgIpc) is 3.25. The minimum Gasteiger partial charge on any atom is -0.346 e. The summed E-state index contributed by atoms with van der Waals surface area (Å²) in [7, 11) is 0. The van der Waals surface area contributed by atoms with Crippen molar-refractivity contribution in [1.82, 2.24) is 10.3 Å². The highest BCUT2D eigenvalue weighted by Crippen LogP contribution is 2.32. The number of aromatic nitrogens is 1. The molecule has 1 unspecified atom stereocenters. The van der Waals surface area contributed by atoms with E-state index in [-0.39, 0.29) is 11.9 Å². The van der Waals surface area contributed by atoms with Crippen LogP contribution in [-0.4, -0.2) is 23.5 Å². The van der Waals surface area contributed by atoms with Gasteiger partial charge in [0.15, 0.2) is 0 Å². The maximum Gasteiger partial charge on any atom is 0.271 e. The minimum atomic E-state index is -0.104. The van der Waals surface area contributed by atoms with Crippen molar-refractivity contribution in [3.8, 4) is 0 Å². The smallest absolute Gasteiger partial charge is 0.271 e. The van der Waals surface area contributed by atoms with Gasteiger partial charge in [0.25, 0.3) is 5.91 Å². The molecule has 1 aromatic carbocycles. The average molecular weight is 301 g/mol. The molecule has 1 aromatic heterocycles. The van der Waals surface area contributed by atoms with E-state index in [1.807, 2.05) is 23.6 Å². The highest BCUT2D eigenvalue weighted by atomic mass is 32.1. The van der Waals surface area contributed by atoms with Crippen LogP contribution in [0.4, 0.5) is 0 Å². The lowest BCUT2D eigenvalue weighted by atomic mass is 10.2. The third kappa shape index (κ3) is 3.68. The van der Waals surface area contributed by atoms with Crippen molar-refractivity contribution in [2.45, 2.75) is 25.3 Å². The predicted molar refractivity (Wildman–Crippen MR) is 84.4 cm³/mol. The molecule has 0 aliphatic heterocycles. The summed E-state index contributed by atoms with van der Waals surface area (Å²) in [6.07, 6.45) is 3.10. The summed E-state index contributed by atoms with van der Waals surface area (Å²) in [4.78, 5) is 16.6. The van der Waals surface area contributed by atoms with Gasteiger partial charge in [0.2, 0.25) is 0 Å². The molecular weight excluding hydrogens is 282 g/mol. The number of carbonyl (C=O) groups excluding carboxylic acids is 1. The van der Waals surface area contributed by atoms with Gasteiger partial charge in [-0.05, 0) is 24.3 Å². The van der Waals surface area contributed by atoms with Crippen LogP contribution >= 0.6 is 11.3 Å². The van der Waals surface area contributed by atoms with E-state index >= 15 is 0 Å². The number of benzene rings is 1. The van der Waals surface area contributed by atoms with Crippen molar-refractivity contribution in [2.24, 2.45) is 11.7 Å². The SMILES string of the molecule is NCC(NC(=O)c1csc(Cc2ccccc2)n1)C1CC1. The molecule has 21 heavy (non-hydrogen) atoms. The van der Waals surface area contributed by atoms with Crippen LogP contribution in [0.2, 0.25) is 0 Å². The van der Waals surface area contributed by atoms with Gasteiger partial charge in [-0.2, -0.15) is 0 Å². The van der Waals surface area contributed by atoms with E-state index in [9.17, 15) is 4.79 Å². The summed E-state index contributed by atoms with van der Waals surface area (Å²) in [5.41, 5.74) is 7.42. The van der Waals surface area contributed by atoms with Crippen molar-refractivity contribution < 1.29 is 4.79 Å². The van der Waals surface area contributed by atoms with Crippen LogP contribution in [0.3, 0.4) is 0 Å². The Morgan fingerprint density at radius 3 is 2.81 bits per heavy atom. The first kappa shape index (κ1) is 14.2. The summed E-state index contributed by atoms with van der Waals surface area (Å²) < 4.78 is 0. The third-order valence-electron chi connectivity index (χ3n) is 3.74. The first-order valence-corrected chi connectivity index (χ1v) is 8.13. The molecule has 1 fully saturated rings. The van der Waals surface area contributed by atoms with Crippen LogP contribution < -0.4 is 11.1 Å². The Morgan fingerprint density at radius 2 is 2.14 bits per heavy atom. The monoisotopic (exact) mass is 301 g/mol. The first-order valence-electron chi connectivity index (χ1n) is 7.25. The lowest BCUT2D eigenvalue weighted by Gasteiger charge is -2.14. The number of amides is 1. The number of nitrogens with one attached hydrogen (secondary N) is 1. The zero-order chi connectivity index (χ0) is 14.7. The van der Waals surface area contributed by atoms with E-state index in [1.165, 1.54) is 29.7 Å². The molecule has 5 heteroatoms. The number of nitrogens with two attached hydrogens (primary N) is 1. The van der Waals surface area contributed by atoms with Crippen LogP contribution in [0.1, 0.15) is 33.9 Å². The Morgan fingerprint density at radius 1 is 1.38 bits per heavy atom. The Hall–Kier alpha value is -1.72. The zero-order valence-electron chi connectivity index (χ0n) is 11.8. The molecule has 3 rings (SSSR count). The fourth-order valence-electron chi connectivity index (χ4n) is 2.38. The Labute approximate surface area is 128 Å². The van der Waals surface area contributed by atoms with Gasteiger partial charge >= 0.3 is 0 Å². The quantitative estimate of drug-likeness (QED) is 0.859. The molecular formula is C16H19N3OS. The Bertz CT molecular complexity index is 607. The molecule has 1 atom stereocenters. The summed E-state index contributed by atoms with van der Waals surface area (Å²) in [6, 6.07) is 10.2. The second-order valence-corrected chi connectivity index (χ2v) is 6.38. The van der Waals surface area contributed by atoms with E-state index < -0.39 is 0 Å². The number of thiazole rings is 1. The van der Waals surface area contributed by atoms with Gasteiger partial charge in [0.05, 0.1) is 5.01 Å². The molecule has 1 aliphatic carbocycles. The second-order valence-electron chi connectivity index (χ2n) is 5.44. The lowest BCUT2D eigenvalue weighted by molar-refractivity contribution is 0.0929. The van der Waals surface area contributed by atoms with Crippen molar-refractivity contribution in [2.75, 3.05) is 6.54 Å². The molecule has 3 N–H and O–H groups in total. The van der Waals surface area contributed by atoms with Gasteiger partial charge in [-0.3, -0.25) is 4.79 Å². The van der Waals surface area contributed by atoms with Crippen molar-refractivity contribution >= 4 is 17.2 Å². The molecule has 4 nitrogen and oxygen atoms in total. The number of hydrogen-bond donors (Lipinski definition) is 2. The summed E-state index contributed by atoms with van der Waals surface area (Å²) in [5.74, 6) is 0.453. The van der Waals surface area contributed by atoms with Crippen LogP contribution in [-0.2, 0) is 6.42 Å². The largest absolute Gasteiger partial charge is 0.346 e. The van der Waals surface area contributed by atoms with Gasteiger partial charge in [-0.1, -0.05) is 30.3 Å². The van der Waals surface area contributed by atoms with Gasteiger partial charge in [-0.25, -0.2) is 4.98 Å². The fourth-order valence-corrected chi connectivity index (χ4v) is 3.19. The molecule has 1 amide bonds. The summed E-state index contributed by atoms with van der Waals surface area (Å²) in [5, 5.41) is 5.79.